The highest BCUT2D eigenvalue weighted by atomic mass is 19.1. The normalized spacial score (nSPS) is 16.5. The maximum Gasteiger partial charge on any atom is 0.425 e. The number of hydrogen-bond acceptors (Lipinski definition) is 6. The van der Waals surface area contributed by atoms with Gasteiger partial charge in [0.2, 0.25) is 5.91 Å². The Bertz CT molecular complexity index is 801. The van der Waals surface area contributed by atoms with Crippen LogP contribution in [-0.4, -0.2) is 65.3 Å². The number of hydrazine groups is 1. The number of benzene rings is 1. The summed E-state index contributed by atoms with van der Waals surface area (Å²) in [6.07, 6.45) is 0.555. The molecule has 1 aliphatic heterocycles. The molecule has 0 spiro atoms. The molecule has 1 fully saturated rings. The number of rotatable bonds is 7. The standard InChI is InChI=1S/C22H32FN3O5/c1-16-17(6-5-7-18(16)23)14-24-19(29)22(15-28)8-10-25(11-9-22)26(12-13-27)20(30)31-21(2,3)4/h5-7,13,28H,8-12,14-15H2,1-4H3,(H,24,29). The second-order valence-electron chi connectivity index (χ2n) is 8.83. The molecule has 1 saturated heterocycles. The maximum absolute atomic E-state index is 13.7. The van der Waals surface area contributed by atoms with Crippen LogP contribution in [0.15, 0.2) is 18.2 Å². The van der Waals surface area contributed by atoms with Crippen molar-refractivity contribution in [1.82, 2.24) is 15.3 Å². The number of aliphatic hydroxyl groups is 1. The number of aliphatic hydroxyl groups excluding tert-OH is 1. The quantitative estimate of drug-likeness (QED) is 0.635. The lowest BCUT2D eigenvalue weighted by atomic mass is 9.78. The second kappa shape index (κ2) is 10.2. The van der Waals surface area contributed by atoms with Crippen molar-refractivity contribution >= 4 is 18.3 Å². The summed E-state index contributed by atoms with van der Waals surface area (Å²) >= 11 is 0. The Morgan fingerprint density at radius 1 is 1.32 bits per heavy atom. The zero-order valence-corrected chi connectivity index (χ0v) is 18.6. The Balaban J connectivity index is 2.03. The summed E-state index contributed by atoms with van der Waals surface area (Å²) in [6, 6.07) is 4.69. The molecule has 1 heterocycles. The van der Waals surface area contributed by atoms with E-state index in [1.165, 1.54) is 11.1 Å². The summed E-state index contributed by atoms with van der Waals surface area (Å²) < 4.78 is 19.1. The van der Waals surface area contributed by atoms with Crippen molar-refractivity contribution in [2.45, 2.75) is 52.7 Å². The second-order valence-corrected chi connectivity index (χ2v) is 8.83. The summed E-state index contributed by atoms with van der Waals surface area (Å²) in [5.41, 5.74) is -0.588. The Hall–Kier alpha value is -2.52. The molecule has 2 N–H and O–H groups in total. The van der Waals surface area contributed by atoms with Crippen LogP contribution in [0, 0.1) is 18.2 Å². The molecule has 1 aliphatic rings. The predicted octanol–water partition coefficient (Wildman–Crippen LogP) is 2.18. The minimum atomic E-state index is -1.02. The monoisotopic (exact) mass is 437 g/mol. The molecule has 0 saturated carbocycles. The molecule has 0 bridgehead atoms. The summed E-state index contributed by atoms with van der Waals surface area (Å²) in [6.45, 7) is 7.09. The van der Waals surface area contributed by atoms with Gasteiger partial charge in [-0.25, -0.2) is 19.2 Å². The van der Waals surface area contributed by atoms with Gasteiger partial charge in [0, 0.05) is 19.6 Å². The van der Waals surface area contributed by atoms with E-state index in [1.807, 2.05) is 0 Å². The van der Waals surface area contributed by atoms with Crippen LogP contribution in [0.2, 0.25) is 0 Å². The van der Waals surface area contributed by atoms with Crippen LogP contribution in [0.5, 0.6) is 0 Å². The molecule has 1 aromatic rings. The average Bonchev–Trinajstić information content (AvgIpc) is 2.71. The fraction of sp³-hybridized carbons (Fsp3) is 0.591. The Labute approximate surface area is 182 Å². The molecule has 0 aliphatic carbocycles. The highest BCUT2D eigenvalue weighted by molar-refractivity contribution is 5.83. The molecular weight excluding hydrogens is 405 g/mol. The van der Waals surface area contributed by atoms with Crippen LogP contribution >= 0.6 is 0 Å². The number of halogens is 1. The van der Waals surface area contributed by atoms with E-state index in [1.54, 1.807) is 44.8 Å². The number of nitrogens with zero attached hydrogens (tertiary/aromatic N) is 2. The van der Waals surface area contributed by atoms with Crippen molar-refractivity contribution in [1.29, 1.82) is 0 Å². The minimum absolute atomic E-state index is 0.156. The third-order valence-corrected chi connectivity index (χ3v) is 5.49. The molecular formula is C22H32FN3O5. The van der Waals surface area contributed by atoms with Crippen molar-refractivity contribution in [2.24, 2.45) is 5.41 Å². The summed E-state index contributed by atoms with van der Waals surface area (Å²) in [5.74, 6) is -0.660. The van der Waals surface area contributed by atoms with Crippen LogP contribution in [0.3, 0.4) is 0 Å². The highest BCUT2D eigenvalue weighted by Gasteiger charge is 2.43. The van der Waals surface area contributed by atoms with E-state index in [0.717, 1.165) is 0 Å². The van der Waals surface area contributed by atoms with Crippen LogP contribution in [0.4, 0.5) is 9.18 Å². The van der Waals surface area contributed by atoms with E-state index in [9.17, 15) is 23.9 Å². The Kier molecular flexibility index (Phi) is 8.14. The highest BCUT2D eigenvalue weighted by Crippen LogP contribution is 2.32. The summed E-state index contributed by atoms with van der Waals surface area (Å²) in [4.78, 5) is 36.5. The fourth-order valence-electron chi connectivity index (χ4n) is 3.52. The van der Waals surface area contributed by atoms with Crippen molar-refractivity contribution in [3.05, 3.63) is 35.1 Å². The molecule has 1 aromatic carbocycles. The first-order valence-electron chi connectivity index (χ1n) is 10.3. The van der Waals surface area contributed by atoms with E-state index in [4.69, 9.17) is 4.74 Å². The van der Waals surface area contributed by atoms with Crippen molar-refractivity contribution in [3.63, 3.8) is 0 Å². The molecule has 0 radical (unpaired) electrons. The molecule has 0 atom stereocenters. The lowest BCUT2D eigenvalue weighted by Gasteiger charge is -2.43. The third kappa shape index (κ3) is 6.24. The van der Waals surface area contributed by atoms with E-state index in [0.29, 0.717) is 30.5 Å². The molecule has 31 heavy (non-hydrogen) atoms. The molecule has 9 heteroatoms. The number of aldehydes is 1. The first-order chi connectivity index (χ1) is 14.5. The van der Waals surface area contributed by atoms with Gasteiger partial charge in [-0.2, -0.15) is 0 Å². The summed E-state index contributed by atoms with van der Waals surface area (Å²) in [5, 5.41) is 15.7. The zero-order chi connectivity index (χ0) is 23.2. The number of hydrogen-bond donors (Lipinski definition) is 2. The third-order valence-electron chi connectivity index (χ3n) is 5.49. The van der Waals surface area contributed by atoms with Gasteiger partial charge in [0.1, 0.15) is 17.7 Å². The number of ether oxygens (including phenoxy) is 1. The lowest BCUT2D eigenvalue weighted by Crippen LogP contribution is -2.57. The van der Waals surface area contributed by atoms with Gasteiger partial charge >= 0.3 is 6.09 Å². The van der Waals surface area contributed by atoms with Gasteiger partial charge in [-0.1, -0.05) is 12.1 Å². The molecule has 0 aromatic heterocycles. The minimum Gasteiger partial charge on any atom is -0.443 e. The first-order valence-corrected chi connectivity index (χ1v) is 10.3. The predicted molar refractivity (Wildman–Crippen MR) is 112 cm³/mol. The molecule has 0 unspecified atom stereocenters. The van der Waals surface area contributed by atoms with Gasteiger partial charge in [-0.05, 0) is 57.7 Å². The lowest BCUT2D eigenvalue weighted by molar-refractivity contribution is -0.142. The van der Waals surface area contributed by atoms with Crippen LogP contribution in [0.25, 0.3) is 0 Å². The number of piperidine rings is 1. The van der Waals surface area contributed by atoms with Gasteiger partial charge in [-0.3, -0.25) is 4.79 Å². The summed E-state index contributed by atoms with van der Waals surface area (Å²) in [7, 11) is 0. The average molecular weight is 438 g/mol. The van der Waals surface area contributed by atoms with Crippen molar-refractivity contribution in [3.8, 4) is 0 Å². The van der Waals surface area contributed by atoms with Gasteiger partial charge in [0.05, 0.1) is 18.6 Å². The maximum atomic E-state index is 13.7. The van der Waals surface area contributed by atoms with Crippen molar-refractivity contribution in [2.75, 3.05) is 26.2 Å². The van der Waals surface area contributed by atoms with Crippen LogP contribution < -0.4 is 5.32 Å². The number of carbonyl (C=O) groups excluding carboxylic acids is 3. The number of carbonyl (C=O) groups is 3. The van der Waals surface area contributed by atoms with Gasteiger partial charge < -0.3 is 20.0 Å². The Morgan fingerprint density at radius 3 is 2.52 bits per heavy atom. The van der Waals surface area contributed by atoms with E-state index < -0.39 is 17.1 Å². The number of amides is 2. The Morgan fingerprint density at radius 2 is 1.97 bits per heavy atom. The fourth-order valence-corrected chi connectivity index (χ4v) is 3.52. The van der Waals surface area contributed by atoms with Gasteiger partial charge in [0.25, 0.3) is 0 Å². The van der Waals surface area contributed by atoms with E-state index in [2.05, 4.69) is 5.32 Å². The topological polar surface area (TPSA) is 99.2 Å². The largest absolute Gasteiger partial charge is 0.443 e. The zero-order valence-electron chi connectivity index (χ0n) is 18.6. The molecule has 2 amide bonds. The van der Waals surface area contributed by atoms with Gasteiger partial charge in [0.15, 0.2) is 0 Å². The molecule has 2 rings (SSSR count). The van der Waals surface area contributed by atoms with Crippen LogP contribution in [-0.2, 0) is 20.9 Å². The SMILES string of the molecule is Cc1c(F)cccc1CNC(=O)C1(CO)CCN(N(CC=O)C(=O)OC(C)(C)C)CC1. The molecule has 172 valence electrons. The van der Waals surface area contributed by atoms with Crippen molar-refractivity contribution < 1.29 is 28.6 Å². The molecule has 8 nitrogen and oxygen atoms in total. The van der Waals surface area contributed by atoms with E-state index >= 15 is 0 Å². The first kappa shape index (κ1) is 24.7. The van der Waals surface area contributed by atoms with Gasteiger partial charge in [-0.15, -0.1) is 0 Å². The number of nitrogens with one attached hydrogen (secondary N) is 1. The van der Waals surface area contributed by atoms with E-state index in [-0.39, 0.29) is 44.3 Å². The van der Waals surface area contributed by atoms with Crippen LogP contribution in [0.1, 0.15) is 44.7 Å². The smallest absolute Gasteiger partial charge is 0.425 e.